The van der Waals surface area contributed by atoms with E-state index >= 15 is 0 Å². The van der Waals surface area contributed by atoms with E-state index in [4.69, 9.17) is 5.41 Å². The summed E-state index contributed by atoms with van der Waals surface area (Å²) < 4.78 is 0. The number of nitro benzene ring substituents is 1. The zero-order valence-corrected chi connectivity index (χ0v) is 13.8. The lowest BCUT2D eigenvalue weighted by molar-refractivity contribution is -0.384. The van der Waals surface area contributed by atoms with Gasteiger partial charge in [-0.3, -0.25) is 10.1 Å². The molecule has 0 bridgehead atoms. The van der Waals surface area contributed by atoms with Crippen LogP contribution in [0.4, 0.5) is 5.69 Å². The van der Waals surface area contributed by atoms with Crippen molar-refractivity contribution in [1.82, 2.24) is 0 Å². The Bertz CT molecular complexity index is 929. The standard InChI is InChI=1S/C19H15N5O2/c20-9-16-14-3-1-2-4-15(14)17(10-21)19(11-22,18(16)23)12-5-7-13(8-6-12)24(25)26/h3,5-8,15-17,23H,1-2,4H2/t15-,16-,17-,19-/m1/s1. The zero-order chi connectivity index (χ0) is 18.9. The first-order chi connectivity index (χ1) is 12.5. The van der Waals surface area contributed by atoms with Gasteiger partial charge in [-0.15, -0.1) is 0 Å². The van der Waals surface area contributed by atoms with Gasteiger partial charge in [-0.25, -0.2) is 0 Å². The molecule has 0 saturated heterocycles. The van der Waals surface area contributed by atoms with Gasteiger partial charge < -0.3 is 5.41 Å². The third kappa shape index (κ3) is 2.28. The predicted molar refractivity (Wildman–Crippen MR) is 91.7 cm³/mol. The van der Waals surface area contributed by atoms with Crippen molar-refractivity contribution in [3.8, 4) is 18.2 Å². The molecule has 26 heavy (non-hydrogen) atoms. The molecule has 0 aromatic heterocycles. The average Bonchev–Trinajstić information content (AvgIpc) is 2.67. The summed E-state index contributed by atoms with van der Waals surface area (Å²) in [6, 6.07) is 11.8. The van der Waals surface area contributed by atoms with Crippen LogP contribution in [0.1, 0.15) is 24.8 Å². The highest BCUT2D eigenvalue weighted by Gasteiger charge is 2.57. The van der Waals surface area contributed by atoms with Crippen molar-refractivity contribution >= 4 is 11.4 Å². The van der Waals surface area contributed by atoms with Crippen LogP contribution in [0.3, 0.4) is 0 Å². The van der Waals surface area contributed by atoms with Gasteiger partial charge in [0.15, 0.2) is 0 Å². The molecule has 3 rings (SSSR count). The molecule has 0 unspecified atom stereocenters. The maximum atomic E-state index is 10.9. The van der Waals surface area contributed by atoms with Gasteiger partial charge in [-0.2, -0.15) is 15.8 Å². The van der Waals surface area contributed by atoms with E-state index in [9.17, 15) is 25.9 Å². The Morgan fingerprint density at radius 2 is 1.88 bits per heavy atom. The molecule has 4 atom stereocenters. The number of non-ortho nitro benzene ring substituents is 1. The number of fused-ring (bicyclic) bond motifs is 1. The molecule has 2 aliphatic rings. The minimum absolute atomic E-state index is 0.118. The molecule has 1 N–H and O–H groups in total. The van der Waals surface area contributed by atoms with Crippen LogP contribution in [-0.4, -0.2) is 10.6 Å². The molecule has 128 valence electrons. The second-order valence-corrected chi connectivity index (χ2v) is 6.55. The molecule has 7 nitrogen and oxygen atoms in total. The van der Waals surface area contributed by atoms with Crippen molar-refractivity contribution in [3.05, 3.63) is 51.6 Å². The van der Waals surface area contributed by atoms with Gasteiger partial charge in [0.1, 0.15) is 11.3 Å². The van der Waals surface area contributed by atoms with E-state index < -0.39 is 22.2 Å². The number of hydrogen-bond donors (Lipinski definition) is 1. The van der Waals surface area contributed by atoms with Gasteiger partial charge >= 0.3 is 0 Å². The Morgan fingerprint density at radius 3 is 2.42 bits per heavy atom. The Balaban J connectivity index is 2.22. The molecular formula is C19H15N5O2. The Hall–Kier alpha value is -3.50. The van der Waals surface area contributed by atoms with Gasteiger partial charge in [0.05, 0.1) is 34.8 Å². The van der Waals surface area contributed by atoms with Crippen molar-refractivity contribution in [2.75, 3.05) is 0 Å². The summed E-state index contributed by atoms with van der Waals surface area (Å²) in [5.74, 6) is -1.92. The zero-order valence-electron chi connectivity index (χ0n) is 13.8. The average molecular weight is 345 g/mol. The molecule has 0 aliphatic heterocycles. The molecular weight excluding hydrogens is 330 g/mol. The van der Waals surface area contributed by atoms with E-state index in [2.05, 4.69) is 18.2 Å². The highest BCUT2D eigenvalue weighted by Crippen LogP contribution is 2.51. The second kappa shape index (κ2) is 6.43. The summed E-state index contributed by atoms with van der Waals surface area (Å²) in [4.78, 5) is 10.4. The Kier molecular flexibility index (Phi) is 4.28. The fraction of sp³-hybridized carbons (Fsp3) is 0.368. The third-order valence-corrected chi connectivity index (χ3v) is 5.42. The molecule has 7 heteroatoms. The second-order valence-electron chi connectivity index (χ2n) is 6.55. The van der Waals surface area contributed by atoms with E-state index in [0.717, 1.165) is 18.4 Å². The topological polar surface area (TPSA) is 138 Å². The van der Waals surface area contributed by atoms with Gasteiger partial charge in [0, 0.05) is 12.1 Å². The molecule has 0 amide bonds. The van der Waals surface area contributed by atoms with Gasteiger partial charge in [0.2, 0.25) is 0 Å². The Morgan fingerprint density at radius 1 is 1.19 bits per heavy atom. The quantitative estimate of drug-likeness (QED) is 0.497. The van der Waals surface area contributed by atoms with Gasteiger partial charge in [-0.1, -0.05) is 18.2 Å². The van der Waals surface area contributed by atoms with Gasteiger partial charge in [-0.05, 0) is 36.3 Å². The first-order valence-corrected chi connectivity index (χ1v) is 8.25. The summed E-state index contributed by atoms with van der Waals surface area (Å²) >= 11 is 0. The third-order valence-electron chi connectivity index (χ3n) is 5.42. The summed E-state index contributed by atoms with van der Waals surface area (Å²) in [7, 11) is 0. The molecule has 2 aliphatic carbocycles. The molecule has 1 fully saturated rings. The summed E-state index contributed by atoms with van der Waals surface area (Å²) in [6.45, 7) is 0. The van der Waals surface area contributed by atoms with Crippen LogP contribution in [0, 0.1) is 67.3 Å². The lowest BCUT2D eigenvalue weighted by Gasteiger charge is -2.46. The maximum Gasteiger partial charge on any atom is 0.269 e. The molecule has 0 heterocycles. The minimum Gasteiger partial charge on any atom is -0.306 e. The molecule has 0 spiro atoms. The maximum absolute atomic E-state index is 10.9. The largest absolute Gasteiger partial charge is 0.306 e. The van der Waals surface area contributed by atoms with Crippen LogP contribution < -0.4 is 0 Å². The van der Waals surface area contributed by atoms with Crippen LogP contribution in [0.2, 0.25) is 0 Å². The first kappa shape index (κ1) is 17.3. The number of nitro groups is 1. The SMILES string of the molecule is N#C[C@H]1C(=N)[C@](C#N)(c2ccc([N+](=O)[O-])cc2)[C@H](C#N)[C@@H]2CCCC=C12. The molecule has 0 radical (unpaired) electrons. The number of nitrogens with zero attached hydrogens (tertiary/aromatic N) is 4. The van der Waals surface area contributed by atoms with E-state index in [1.165, 1.54) is 24.3 Å². The normalized spacial score (nSPS) is 30.1. The fourth-order valence-electron chi connectivity index (χ4n) is 4.18. The number of rotatable bonds is 2. The monoisotopic (exact) mass is 345 g/mol. The van der Waals surface area contributed by atoms with Crippen LogP contribution in [0.5, 0.6) is 0 Å². The lowest BCUT2D eigenvalue weighted by atomic mass is 9.52. The fourth-order valence-corrected chi connectivity index (χ4v) is 4.18. The van der Waals surface area contributed by atoms with Crippen molar-refractivity contribution < 1.29 is 4.92 Å². The predicted octanol–water partition coefficient (Wildman–Crippen LogP) is 3.40. The number of allylic oxidation sites excluding steroid dienone is 2. The smallest absolute Gasteiger partial charge is 0.269 e. The number of nitriles is 3. The molecule has 1 aromatic rings. The van der Waals surface area contributed by atoms with E-state index in [0.29, 0.717) is 12.0 Å². The first-order valence-electron chi connectivity index (χ1n) is 8.25. The lowest BCUT2D eigenvalue weighted by Crippen LogP contribution is -2.53. The minimum atomic E-state index is -1.58. The van der Waals surface area contributed by atoms with Crippen LogP contribution >= 0.6 is 0 Å². The van der Waals surface area contributed by atoms with Gasteiger partial charge in [0.25, 0.3) is 5.69 Å². The van der Waals surface area contributed by atoms with Crippen LogP contribution in [0.15, 0.2) is 35.9 Å². The van der Waals surface area contributed by atoms with Crippen molar-refractivity contribution in [3.63, 3.8) is 0 Å². The van der Waals surface area contributed by atoms with E-state index in [1.807, 2.05) is 6.08 Å². The Labute approximate surface area is 150 Å². The summed E-state index contributed by atoms with van der Waals surface area (Å²) in [5.41, 5.74) is -0.709. The van der Waals surface area contributed by atoms with Crippen molar-refractivity contribution in [2.45, 2.75) is 24.7 Å². The highest BCUT2D eigenvalue weighted by atomic mass is 16.6. The summed E-state index contributed by atoms with van der Waals surface area (Å²) in [5, 5.41) is 49.1. The number of hydrogen-bond acceptors (Lipinski definition) is 6. The van der Waals surface area contributed by atoms with Crippen molar-refractivity contribution in [1.29, 1.82) is 21.2 Å². The number of nitrogens with one attached hydrogen (secondary N) is 1. The number of benzene rings is 1. The summed E-state index contributed by atoms with van der Waals surface area (Å²) in [6.07, 6.45) is 4.27. The van der Waals surface area contributed by atoms with Crippen molar-refractivity contribution in [2.24, 2.45) is 17.8 Å². The highest BCUT2D eigenvalue weighted by molar-refractivity contribution is 6.02. The van der Waals surface area contributed by atoms with E-state index in [1.54, 1.807) is 0 Å². The molecule has 1 saturated carbocycles. The molecule has 1 aromatic carbocycles. The van der Waals surface area contributed by atoms with E-state index in [-0.39, 0.29) is 17.3 Å². The van der Waals surface area contributed by atoms with Crippen LogP contribution in [-0.2, 0) is 5.41 Å². The van der Waals surface area contributed by atoms with Crippen LogP contribution in [0.25, 0.3) is 0 Å².